The van der Waals surface area contributed by atoms with Crippen LogP contribution in [0.4, 0.5) is 22.1 Å². The molecule has 1 aliphatic heterocycles. The Morgan fingerprint density at radius 3 is 2.38 bits per heavy atom. The number of hydrogen-bond donors (Lipinski definition) is 2. The third kappa shape index (κ3) is 6.26. The summed E-state index contributed by atoms with van der Waals surface area (Å²) in [5.41, 5.74) is 2.99. The Kier molecular flexibility index (Phi) is 7.61. The van der Waals surface area contributed by atoms with Crippen LogP contribution in [0.3, 0.4) is 0 Å². The molecule has 1 fully saturated rings. The van der Waals surface area contributed by atoms with Crippen LogP contribution in [0, 0.1) is 0 Å². The summed E-state index contributed by atoms with van der Waals surface area (Å²) in [5, 5.41) is 6.08. The number of nitrogens with one attached hydrogen (secondary N) is 2. The van der Waals surface area contributed by atoms with Gasteiger partial charge in [0, 0.05) is 49.9 Å². The first-order valence-corrected chi connectivity index (χ1v) is 11.2. The molecule has 2 amide bonds. The fourth-order valence-corrected chi connectivity index (χ4v) is 3.55. The van der Waals surface area contributed by atoms with Crippen molar-refractivity contribution < 1.29 is 14.3 Å². The number of carbonyl (C=O) groups excluding carboxylic acids is 2. The first-order chi connectivity index (χ1) is 16.6. The van der Waals surface area contributed by atoms with Gasteiger partial charge in [-0.05, 0) is 49.4 Å². The van der Waals surface area contributed by atoms with Crippen molar-refractivity contribution in [3.8, 4) is 11.4 Å². The highest BCUT2D eigenvalue weighted by Crippen LogP contribution is 2.19. The van der Waals surface area contributed by atoms with Crippen molar-refractivity contribution in [2.75, 3.05) is 50.0 Å². The molecule has 0 bridgehead atoms. The summed E-state index contributed by atoms with van der Waals surface area (Å²) in [6, 6.07) is 14.8. The molecule has 0 unspecified atom stereocenters. The van der Waals surface area contributed by atoms with E-state index in [-0.39, 0.29) is 18.5 Å². The summed E-state index contributed by atoms with van der Waals surface area (Å²) in [5.74, 6) is 0.360. The average molecular weight is 462 g/mol. The van der Waals surface area contributed by atoms with Crippen molar-refractivity contribution in [2.45, 2.75) is 6.92 Å². The molecule has 2 N–H and O–H groups in total. The van der Waals surface area contributed by atoms with Crippen LogP contribution in [0.25, 0.3) is 11.4 Å². The van der Waals surface area contributed by atoms with Gasteiger partial charge >= 0.3 is 6.09 Å². The Bertz CT molecular complexity index is 1100. The van der Waals surface area contributed by atoms with E-state index in [9.17, 15) is 9.59 Å². The van der Waals surface area contributed by atoms with Crippen molar-refractivity contribution in [1.29, 1.82) is 0 Å². The summed E-state index contributed by atoms with van der Waals surface area (Å²) in [4.78, 5) is 41.0. The predicted octanol–water partition coefficient (Wildman–Crippen LogP) is 2.99. The molecule has 0 radical (unpaired) electrons. The molecule has 0 saturated carbocycles. The van der Waals surface area contributed by atoms with Crippen LogP contribution in [0.1, 0.15) is 6.92 Å². The number of hydrogen-bond acceptors (Lipinski definition) is 8. The van der Waals surface area contributed by atoms with Gasteiger partial charge in [-0.1, -0.05) is 6.07 Å². The van der Waals surface area contributed by atoms with E-state index < -0.39 is 0 Å². The lowest BCUT2D eigenvalue weighted by Gasteiger charge is -2.33. The Morgan fingerprint density at radius 2 is 1.68 bits per heavy atom. The standard InChI is InChI=1S/C24H27N7O3/c1-2-34-24(33)31-15-13-30(14-16-31)17-22(32)27-18-6-8-19(9-7-18)28-23-26-12-10-21(29-23)20-5-3-4-11-25-20/h3-12H,2,13-17H2,1H3,(H,27,32)(H,26,28,29). The van der Waals surface area contributed by atoms with E-state index >= 15 is 0 Å². The minimum Gasteiger partial charge on any atom is -0.450 e. The minimum atomic E-state index is -0.297. The molecule has 1 aliphatic rings. The van der Waals surface area contributed by atoms with Gasteiger partial charge < -0.3 is 20.3 Å². The number of ether oxygens (including phenoxy) is 1. The lowest BCUT2D eigenvalue weighted by atomic mass is 10.2. The van der Waals surface area contributed by atoms with Gasteiger partial charge in [0.15, 0.2) is 0 Å². The van der Waals surface area contributed by atoms with E-state index in [4.69, 9.17) is 4.74 Å². The SMILES string of the molecule is CCOC(=O)N1CCN(CC(=O)Nc2ccc(Nc3nccc(-c4ccccn4)n3)cc2)CC1. The number of piperazine rings is 1. The molecule has 176 valence electrons. The zero-order valence-electron chi connectivity index (χ0n) is 19.0. The van der Waals surface area contributed by atoms with E-state index in [2.05, 4.69) is 25.6 Å². The lowest BCUT2D eigenvalue weighted by molar-refractivity contribution is -0.117. The molecule has 0 aliphatic carbocycles. The molecule has 10 heteroatoms. The average Bonchev–Trinajstić information content (AvgIpc) is 2.86. The number of benzene rings is 1. The quantitative estimate of drug-likeness (QED) is 0.552. The number of amides is 2. The van der Waals surface area contributed by atoms with E-state index in [0.29, 0.717) is 44.4 Å². The van der Waals surface area contributed by atoms with Gasteiger partial charge in [0.2, 0.25) is 11.9 Å². The Labute approximate surface area is 198 Å². The lowest BCUT2D eigenvalue weighted by Crippen LogP contribution is -2.50. The van der Waals surface area contributed by atoms with Crippen LogP contribution in [-0.4, -0.2) is 76.1 Å². The summed E-state index contributed by atoms with van der Waals surface area (Å²) in [6.07, 6.45) is 3.11. The first kappa shape index (κ1) is 23.1. The fourth-order valence-electron chi connectivity index (χ4n) is 3.55. The number of anilines is 3. The van der Waals surface area contributed by atoms with Gasteiger partial charge in [-0.25, -0.2) is 14.8 Å². The largest absolute Gasteiger partial charge is 0.450 e. The van der Waals surface area contributed by atoms with E-state index in [1.54, 1.807) is 24.2 Å². The van der Waals surface area contributed by atoms with Gasteiger partial charge in [0.1, 0.15) is 0 Å². The van der Waals surface area contributed by atoms with Gasteiger partial charge in [-0.2, -0.15) is 0 Å². The number of rotatable bonds is 7. The monoisotopic (exact) mass is 461 g/mol. The fraction of sp³-hybridized carbons (Fsp3) is 0.292. The van der Waals surface area contributed by atoms with E-state index in [1.807, 2.05) is 53.4 Å². The number of nitrogens with zero attached hydrogens (tertiary/aromatic N) is 5. The van der Waals surface area contributed by atoms with E-state index in [1.165, 1.54) is 0 Å². The third-order valence-electron chi connectivity index (χ3n) is 5.27. The van der Waals surface area contributed by atoms with Gasteiger partial charge in [0.25, 0.3) is 0 Å². The molecular weight excluding hydrogens is 434 g/mol. The van der Waals surface area contributed by atoms with Crippen LogP contribution in [0.2, 0.25) is 0 Å². The molecule has 3 heterocycles. The highest BCUT2D eigenvalue weighted by Gasteiger charge is 2.23. The normalized spacial score (nSPS) is 13.9. The van der Waals surface area contributed by atoms with E-state index in [0.717, 1.165) is 17.1 Å². The van der Waals surface area contributed by atoms with Crippen LogP contribution in [0.5, 0.6) is 0 Å². The Hall–Kier alpha value is -4.05. The molecule has 1 saturated heterocycles. The maximum absolute atomic E-state index is 12.4. The minimum absolute atomic E-state index is 0.100. The Morgan fingerprint density at radius 1 is 0.912 bits per heavy atom. The first-order valence-electron chi connectivity index (χ1n) is 11.2. The number of aromatic nitrogens is 3. The second-order valence-electron chi connectivity index (χ2n) is 7.69. The van der Waals surface area contributed by atoms with Crippen LogP contribution in [0.15, 0.2) is 60.9 Å². The molecule has 10 nitrogen and oxygen atoms in total. The number of carbonyl (C=O) groups is 2. The third-order valence-corrected chi connectivity index (χ3v) is 5.27. The molecule has 2 aromatic heterocycles. The second kappa shape index (κ2) is 11.2. The maximum atomic E-state index is 12.4. The predicted molar refractivity (Wildman–Crippen MR) is 129 cm³/mol. The molecule has 3 aromatic rings. The Balaban J connectivity index is 1.26. The topological polar surface area (TPSA) is 113 Å². The second-order valence-corrected chi connectivity index (χ2v) is 7.69. The molecular formula is C24H27N7O3. The van der Waals surface area contributed by atoms with Gasteiger partial charge in [-0.3, -0.25) is 14.7 Å². The smallest absolute Gasteiger partial charge is 0.409 e. The van der Waals surface area contributed by atoms with Crippen molar-refractivity contribution in [2.24, 2.45) is 0 Å². The van der Waals surface area contributed by atoms with Gasteiger partial charge in [-0.15, -0.1) is 0 Å². The zero-order valence-corrected chi connectivity index (χ0v) is 19.0. The van der Waals surface area contributed by atoms with Crippen LogP contribution in [-0.2, 0) is 9.53 Å². The van der Waals surface area contributed by atoms with Crippen molar-refractivity contribution in [3.63, 3.8) is 0 Å². The highest BCUT2D eigenvalue weighted by atomic mass is 16.6. The molecule has 0 spiro atoms. The van der Waals surface area contributed by atoms with Crippen molar-refractivity contribution in [1.82, 2.24) is 24.8 Å². The zero-order chi connectivity index (χ0) is 23.8. The molecule has 0 atom stereocenters. The summed E-state index contributed by atoms with van der Waals surface area (Å²) in [6.45, 7) is 4.78. The van der Waals surface area contributed by atoms with Crippen molar-refractivity contribution >= 4 is 29.3 Å². The van der Waals surface area contributed by atoms with Crippen LogP contribution < -0.4 is 10.6 Å². The van der Waals surface area contributed by atoms with Crippen LogP contribution >= 0.6 is 0 Å². The summed E-state index contributed by atoms with van der Waals surface area (Å²) >= 11 is 0. The maximum Gasteiger partial charge on any atom is 0.409 e. The van der Waals surface area contributed by atoms with Crippen molar-refractivity contribution in [3.05, 3.63) is 60.9 Å². The molecule has 34 heavy (non-hydrogen) atoms. The number of pyridine rings is 1. The highest BCUT2D eigenvalue weighted by molar-refractivity contribution is 5.92. The molecule has 1 aromatic carbocycles. The molecule has 4 rings (SSSR count). The summed E-state index contributed by atoms with van der Waals surface area (Å²) in [7, 11) is 0. The van der Waals surface area contributed by atoms with Gasteiger partial charge in [0.05, 0.1) is 24.5 Å². The summed E-state index contributed by atoms with van der Waals surface area (Å²) < 4.78 is 5.02.